The first-order chi connectivity index (χ1) is 14.5. The normalized spacial score (nSPS) is 20.1. The van der Waals surface area contributed by atoms with Gasteiger partial charge >= 0.3 is 5.97 Å². The lowest BCUT2D eigenvalue weighted by Crippen LogP contribution is -2.29. The fourth-order valence-electron chi connectivity index (χ4n) is 4.04. The molecule has 0 radical (unpaired) electrons. The first kappa shape index (κ1) is 20.3. The molecule has 0 amide bonds. The van der Waals surface area contributed by atoms with Crippen LogP contribution in [0.5, 0.6) is 17.2 Å². The fourth-order valence-corrected chi connectivity index (χ4v) is 4.04. The number of aliphatic hydroxyl groups is 1. The SMILES string of the molecule is CCC(CC)CC1=C(c2ccc3c(c2)OCO3)C(=O)OC1(O)c1ccc(OC)cc1. The maximum Gasteiger partial charge on any atom is 0.341 e. The van der Waals surface area contributed by atoms with E-state index in [0.717, 1.165) is 12.8 Å². The maximum absolute atomic E-state index is 13.0. The number of fused-ring (bicyclic) bond motifs is 1. The quantitative estimate of drug-likeness (QED) is 0.682. The van der Waals surface area contributed by atoms with Crippen molar-refractivity contribution < 1.29 is 28.8 Å². The summed E-state index contributed by atoms with van der Waals surface area (Å²) in [7, 11) is 1.58. The molecule has 0 spiro atoms. The molecule has 1 atom stereocenters. The molecule has 2 heterocycles. The molecule has 0 aromatic heterocycles. The van der Waals surface area contributed by atoms with Crippen molar-refractivity contribution in [1.29, 1.82) is 0 Å². The van der Waals surface area contributed by atoms with Gasteiger partial charge in [-0.15, -0.1) is 0 Å². The molecular weight excluding hydrogens is 384 g/mol. The zero-order chi connectivity index (χ0) is 21.3. The molecule has 0 saturated carbocycles. The zero-order valence-corrected chi connectivity index (χ0v) is 17.4. The van der Waals surface area contributed by atoms with Gasteiger partial charge in [-0.2, -0.15) is 0 Å². The van der Waals surface area contributed by atoms with Gasteiger partial charge in [-0.3, -0.25) is 0 Å². The van der Waals surface area contributed by atoms with Crippen LogP contribution in [0.2, 0.25) is 0 Å². The number of ether oxygens (including phenoxy) is 4. The molecule has 6 heteroatoms. The van der Waals surface area contributed by atoms with Crippen molar-refractivity contribution in [3.8, 4) is 17.2 Å². The summed E-state index contributed by atoms with van der Waals surface area (Å²) in [5.41, 5.74) is 2.10. The molecule has 2 aromatic rings. The van der Waals surface area contributed by atoms with Crippen molar-refractivity contribution in [2.45, 2.75) is 38.9 Å². The van der Waals surface area contributed by atoms with Crippen LogP contribution in [0.1, 0.15) is 44.2 Å². The number of carbonyl (C=O) groups excluding carboxylic acids is 1. The summed E-state index contributed by atoms with van der Waals surface area (Å²) in [4.78, 5) is 13.0. The van der Waals surface area contributed by atoms with Gasteiger partial charge in [0.25, 0.3) is 5.79 Å². The van der Waals surface area contributed by atoms with Crippen LogP contribution in [-0.2, 0) is 15.3 Å². The lowest BCUT2D eigenvalue weighted by molar-refractivity contribution is -0.185. The van der Waals surface area contributed by atoms with Gasteiger partial charge in [-0.25, -0.2) is 4.79 Å². The molecule has 2 aliphatic rings. The second-order valence-electron chi connectivity index (χ2n) is 7.57. The fraction of sp³-hybridized carbons (Fsp3) is 0.375. The van der Waals surface area contributed by atoms with Crippen molar-refractivity contribution >= 4 is 11.5 Å². The number of methoxy groups -OCH3 is 1. The first-order valence-corrected chi connectivity index (χ1v) is 10.2. The summed E-state index contributed by atoms with van der Waals surface area (Å²) in [6.45, 7) is 4.37. The van der Waals surface area contributed by atoms with Crippen LogP contribution < -0.4 is 14.2 Å². The third kappa shape index (κ3) is 3.41. The summed E-state index contributed by atoms with van der Waals surface area (Å²) >= 11 is 0. The highest BCUT2D eigenvalue weighted by Crippen LogP contribution is 2.48. The predicted molar refractivity (Wildman–Crippen MR) is 111 cm³/mol. The smallest absolute Gasteiger partial charge is 0.341 e. The highest BCUT2D eigenvalue weighted by atomic mass is 16.7. The molecule has 30 heavy (non-hydrogen) atoms. The van der Waals surface area contributed by atoms with E-state index in [0.29, 0.717) is 51.9 Å². The minimum absolute atomic E-state index is 0.151. The minimum atomic E-state index is -1.82. The average molecular weight is 410 g/mol. The van der Waals surface area contributed by atoms with Crippen molar-refractivity contribution in [2.24, 2.45) is 5.92 Å². The lowest BCUT2D eigenvalue weighted by atomic mass is 9.84. The van der Waals surface area contributed by atoms with Gasteiger partial charge in [-0.1, -0.05) is 32.8 Å². The number of benzene rings is 2. The molecule has 0 fully saturated rings. The van der Waals surface area contributed by atoms with Gasteiger partial charge in [0, 0.05) is 11.1 Å². The van der Waals surface area contributed by atoms with Crippen LogP contribution >= 0.6 is 0 Å². The molecular formula is C24H26O6. The first-order valence-electron chi connectivity index (χ1n) is 10.2. The van der Waals surface area contributed by atoms with E-state index < -0.39 is 11.8 Å². The molecule has 1 N–H and O–H groups in total. The average Bonchev–Trinajstić information content (AvgIpc) is 3.33. The van der Waals surface area contributed by atoms with E-state index in [2.05, 4.69) is 13.8 Å². The zero-order valence-electron chi connectivity index (χ0n) is 17.4. The molecule has 0 saturated heterocycles. The van der Waals surface area contributed by atoms with E-state index in [9.17, 15) is 9.90 Å². The Hall–Kier alpha value is -2.99. The Labute approximate surface area is 176 Å². The molecule has 2 aliphatic heterocycles. The molecule has 0 bridgehead atoms. The van der Waals surface area contributed by atoms with E-state index in [1.165, 1.54) is 0 Å². The standard InChI is InChI=1S/C24H26O6/c1-4-15(5-2)12-19-22(16-6-11-20-21(13-16)29-14-28-20)23(25)30-24(19,26)17-7-9-18(27-3)10-8-17/h6-11,13,15,26H,4-5,12,14H2,1-3H3. The molecule has 2 aromatic carbocycles. The summed E-state index contributed by atoms with van der Waals surface area (Å²) in [6.07, 6.45) is 2.41. The van der Waals surface area contributed by atoms with Gasteiger partial charge in [0.2, 0.25) is 6.79 Å². The minimum Gasteiger partial charge on any atom is -0.497 e. The maximum atomic E-state index is 13.0. The lowest BCUT2D eigenvalue weighted by Gasteiger charge is -2.27. The highest BCUT2D eigenvalue weighted by Gasteiger charge is 2.48. The predicted octanol–water partition coefficient (Wildman–Crippen LogP) is 4.41. The van der Waals surface area contributed by atoms with Crippen LogP contribution in [0, 0.1) is 5.92 Å². The third-order valence-corrected chi connectivity index (χ3v) is 5.95. The third-order valence-electron chi connectivity index (χ3n) is 5.95. The summed E-state index contributed by atoms with van der Waals surface area (Å²) in [5, 5.41) is 11.6. The van der Waals surface area contributed by atoms with Crippen molar-refractivity contribution in [2.75, 3.05) is 13.9 Å². The number of rotatable bonds is 7. The van der Waals surface area contributed by atoms with E-state index in [1.807, 2.05) is 0 Å². The van der Waals surface area contributed by atoms with E-state index >= 15 is 0 Å². The van der Waals surface area contributed by atoms with Crippen LogP contribution in [0.15, 0.2) is 48.0 Å². The van der Waals surface area contributed by atoms with Crippen molar-refractivity contribution in [1.82, 2.24) is 0 Å². The van der Waals surface area contributed by atoms with Gasteiger partial charge in [-0.05, 0) is 54.3 Å². The number of carbonyl (C=O) groups is 1. The van der Waals surface area contributed by atoms with Crippen LogP contribution in [0.4, 0.5) is 0 Å². The van der Waals surface area contributed by atoms with Crippen LogP contribution in [0.3, 0.4) is 0 Å². The van der Waals surface area contributed by atoms with Crippen LogP contribution in [-0.4, -0.2) is 25.0 Å². The van der Waals surface area contributed by atoms with E-state index in [4.69, 9.17) is 18.9 Å². The van der Waals surface area contributed by atoms with Gasteiger partial charge in [0.15, 0.2) is 11.5 Å². The van der Waals surface area contributed by atoms with Crippen molar-refractivity contribution in [3.05, 3.63) is 59.2 Å². The number of cyclic esters (lactones) is 1. The topological polar surface area (TPSA) is 74.2 Å². The molecule has 1 unspecified atom stereocenters. The Morgan fingerprint density at radius 3 is 2.43 bits per heavy atom. The number of hydrogen-bond acceptors (Lipinski definition) is 6. The Morgan fingerprint density at radius 1 is 1.07 bits per heavy atom. The van der Waals surface area contributed by atoms with E-state index in [-0.39, 0.29) is 6.79 Å². The monoisotopic (exact) mass is 410 g/mol. The van der Waals surface area contributed by atoms with Gasteiger partial charge in [0.05, 0.1) is 12.7 Å². The van der Waals surface area contributed by atoms with Crippen LogP contribution in [0.25, 0.3) is 5.57 Å². The van der Waals surface area contributed by atoms with Gasteiger partial charge < -0.3 is 24.1 Å². The summed E-state index contributed by atoms with van der Waals surface area (Å²) < 4.78 is 21.7. The Bertz CT molecular complexity index is 974. The Balaban J connectivity index is 1.85. The molecule has 158 valence electrons. The number of esters is 1. The Kier molecular flexibility index (Phi) is 5.43. The largest absolute Gasteiger partial charge is 0.497 e. The molecule has 0 aliphatic carbocycles. The summed E-state index contributed by atoms with van der Waals surface area (Å²) in [5.74, 6) is -0.186. The molecule has 4 rings (SSSR count). The van der Waals surface area contributed by atoms with Gasteiger partial charge in [0.1, 0.15) is 5.75 Å². The van der Waals surface area contributed by atoms with Crippen molar-refractivity contribution in [3.63, 3.8) is 0 Å². The number of hydrogen-bond donors (Lipinski definition) is 1. The van der Waals surface area contributed by atoms with E-state index in [1.54, 1.807) is 49.6 Å². The highest BCUT2D eigenvalue weighted by molar-refractivity contribution is 6.20. The Morgan fingerprint density at radius 2 is 1.77 bits per heavy atom. The second-order valence-corrected chi connectivity index (χ2v) is 7.57. The second kappa shape index (κ2) is 8.03. The summed E-state index contributed by atoms with van der Waals surface area (Å²) in [6, 6.07) is 12.3. The molecule has 6 nitrogen and oxygen atoms in total.